The fourth-order valence-electron chi connectivity index (χ4n) is 4.92. The van der Waals surface area contributed by atoms with Crippen LogP contribution in [0.2, 0.25) is 0 Å². The van der Waals surface area contributed by atoms with Crippen molar-refractivity contribution in [1.29, 1.82) is 0 Å². The summed E-state index contributed by atoms with van der Waals surface area (Å²) in [4.78, 5) is 40.4. The van der Waals surface area contributed by atoms with Gasteiger partial charge in [-0.25, -0.2) is 4.79 Å². The summed E-state index contributed by atoms with van der Waals surface area (Å²) >= 11 is 0. The monoisotopic (exact) mass is 488 g/mol. The molecule has 4 rings (SSSR count). The molecule has 0 bridgehead atoms. The first-order valence-corrected chi connectivity index (χ1v) is 11.4. The number of benzene rings is 3. The lowest BCUT2D eigenvalue weighted by Crippen LogP contribution is -2.61. The van der Waals surface area contributed by atoms with E-state index >= 15 is 0 Å². The van der Waals surface area contributed by atoms with Gasteiger partial charge in [0.2, 0.25) is 0 Å². The molecule has 186 valence electrons. The molecule has 3 aromatic rings. The third-order valence-electron chi connectivity index (χ3n) is 6.57. The molecule has 36 heavy (non-hydrogen) atoms. The van der Waals surface area contributed by atoms with Crippen molar-refractivity contribution in [3.8, 4) is 5.75 Å². The summed E-state index contributed by atoms with van der Waals surface area (Å²) in [6, 6.07) is 23.0. The molecular formula is C28H28N2O6. The Labute approximate surface area is 209 Å². The van der Waals surface area contributed by atoms with Crippen LogP contribution < -0.4 is 15.4 Å². The van der Waals surface area contributed by atoms with Crippen LogP contribution >= 0.6 is 0 Å². The van der Waals surface area contributed by atoms with Crippen LogP contribution in [0.15, 0.2) is 84.9 Å². The van der Waals surface area contributed by atoms with Crippen LogP contribution in [0.5, 0.6) is 5.75 Å². The summed E-state index contributed by atoms with van der Waals surface area (Å²) < 4.78 is 15.7. The summed E-state index contributed by atoms with van der Waals surface area (Å²) in [5.74, 6) is -2.01. The van der Waals surface area contributed by atoms with Gasteiger partial charge in [0.05, 0.1) is 27.4 Å². The molecule has 0 spiro atoms. The molecule has 0 unspecified atom stereocenters. The van der Waals surface area contributed by atoms with Crippen molar-refractivity contribution in [2.45, 2.75) is 23.5 Å². The first-order valence-electron chi connectivity index (χ1n) is 11.4. The standard InChI is InChI=1S/C28H28N2O6/c1-34-21-16-14-18(15-17-21)22-23(26(32)35-2)29-24(19-10-6-4-7-11-19)28(22,27(33)36-3)30-25(31)20-12-8-5-9-13-20/h4-17,22-24,29H,1-3H3,(H,30,31)/t22-,23+,24+,28-/m0/s1. The van der Waals surface area contributed by atoms with Crippen LogP contribution in [-0.2, 0) is 19.1 Å². The quantitative estimate of drug-likeness (QED) is 0.493. The zero-order valence-electron chi connectivity index (χ0n) is 20.3. The van der Waals surface area contributed by atoms with Gasteiger partial charge >= 0.3 is 11.9 Å². The number of nitrogens with one attached hydrogen (secondary N) is 2. The van der Waals surface area contributed by atoms with E-state index in [1.165, 1.54) is 14.2 Å². The topological polar surface area (TPSA) is 103 Å². The molecular weight excluding hydrogens is 460 g/mol. The first kappa shape index (κ1) is 24.9. The molecule has 0 radical (unpaired) electrons. The lowest BCUT2D eigenvalue weighted by molar-refractivity contribution is -0.150. The maximum Gasteiger partial charge on any atom is 0.334 e. The van der Waals surface area contributed by atoms with Crippen LogP contribution in [0.25, 0.3) is 0 Å². The molecule has 1 saturated heterocycles. The van der Waals surface area contributed by atoms with Gasteiger partial charge in [-0.05, 0) is 35.4 Å². The van der Waals surface area contributed by atoms with E-state index in [4.69, 9.17) is 14.2 Å². The van der Waals surface area contributed by atoms with Crippen molar-refractivity contribution >= 4 is 17.8 Å². The van der Waals surface area contributed by atoms with E-state index in [1.54, 1.807) is 61.7 Å². The minimum Gasteiger partial charge on any atom is -0.497 e. The smallest absolute Gasteiger partial charge is 0.334 e. The Morgan fingerprint density at radius 3 is 1.94 bits per heavy atom. The highest BCUT2D eigenvalue weighted by molar-refractivity contribution is 6.00. The van der Waals surface area contributed by atoms with Crippen molar-refractivity contribution in [2.75, 3.05) is 21.3 Å². The Bertz CT molecular complexity index is 1220. The zero-order valence-corrected chi connectivity index (χ0v) is 20.3. The molecule has 1 aliphatic rings. The van der Waals surface area contributed by atoms with Gasteiger partial charge in [-0.15, -0.1) is 0 Å². The lowest BCUT2D eigenvalue weighted by Gasteiger charge is -2.38. The van der Waals surface area contributed by atoms with Gasteiger partial charge in [0, 0.05) is 11.5 Å². The van der Waals surface area contributed by atoms with Gasteiger partial charge in [0.15, 0.2) is 5.54 Å². The first-order chi connectivity index (χ1) is 17.5. The number of amides is 1. The molecule has 8 heteroatoms. The average molecular weight is 489 g/mol. The molecule has 1 fully saturated rings. The lowest BCUT2D eigenvalue weighted by atomic mass is 9.73. The molecule has 1 aliphatic heterocycles. The number of hydrogen-bond donors (Lipinski definition) is 2. The van der Waals surface area contributed by atoms with Gasteiger partial charge in [-0.1, -0.05) is 60.7 Å². The maximum absolute atomic E-state index is 13.8. The maximum atomic E-state index is 13.8. The number of esters is 2. The van der Waals surface area contributed by atoms with Crippen LogP contribution in [0.3, 0.4) is 0 Å². The van der Waals surface area contributed by atoms with Crippen molar-refractivity contribution in [3.05, 3.63) is 102 Å². The molecule has 3 aromatic carbocycles. The highest BCUT2D eigenvalue weighted by atomic mass is 16.5. The average Bonchev–Trinajstić information content (AvgIpc) is 3.28. The zero-order chi connectivity index (χ0) is 25.7. The summed E-state index contributed by atoms with van der Waals surface area (Å²) in [6.45, 7) is 0. The summed E-state index contributed by atoms with van der Waals surface area (Å²) in [5.41, 5.74) is -0.0177. The van der Waals surface area contributed by atoms with E-state index in [-0.39, 0.29) is 0 Å². The molecule has 1 amide bonds. The molecule has 4 atom stereocenters. The second kappa shape index (κ2) is 10.6. The second-order valence-corrected chi connectivity index (χ2v) is 8.44. The molecule has 2 N–H and O–H groups in total. The minimum absolute atomic E-state index is 0.364. The third-order valence-corrected chi connectivity index (χ3v) is 6.57. The Hall–Kier alpha value is -4.17. The summed E-state index contributed by atoms with van der Waals surface area (Å²) in [7, 11) is 4.10. The highest BCUT2D eigenvalue weighted by Crippen LogP contribution is 2.48. The predicted molar refractivity (Wildman–Crippen MR) is 133 cm³/mol. The van der Waals surface area contributed by atoms with Crippen molar-refractivity contribution in [3.63, 3.8) is 0 Å². The van der Waals surface area contributed by atoms with E-state index in [9.17, 15) is 14.4 Å². The third kappa shape index (κ3) is 4.43. The van der Waals surface area contributed by atoms with Crippen molar-refractivity contribution in [1.82, 2.24) is 10.6 Å². The van der Waals surface area contributed by atoms with E-state index in [2.05, 4.69) is 10.6 Å². The molecule has 0 aliphatic carbocycles. The van der Waals surface area contributed by atoms with E-state index in [0.29, 0.717) is 22.4 Å². The number of carbonyl (C=O) groups excluding carboxylic acids is 3. The van der Waals surface area contributed by atoms with Gasteiger partial charge in [0.25, 0.3) is 5.91 Å². The number of carbonyl (C=O) groups is 3. The van der Waals surface area contributed by atoms with E-state index in [1.807, 2.05) is 30.3 Å². The fourth-order valence-corrected chi connectivity index (χ4v) is 4.92. The summed E-state index contributed by atoms with van der Waals surface area (Å²) in [6.07, 6.45) is 0. The summed E-state index contributed by atoms with van der Waals surface area (Å²) in [5, 5.41) is 6.26. The normalized spacial score (nSPS) is 22.9. The number of rotatable bonds is 7. The van der Waals surface area contributed by atoms with E-state index < -0.39 is 41.4 Å². The Morgan fingerprint density at radius 1 is 0.778 bits per heavy atom. The number of methoxy groups -OCH3 is 3. The Balaban J connectivity index is 1.96. The molecule has 1 heterocycles. The van der Waals surface area contributed by atoms with Crippen molar-refractivity contribution in [2.24, 2.45) is 0 Å². The predicted octanol–water partition coefficient (Wildman–Crippen LogP) is 3.01. The largest absolute Gasteiger partial charge is 0.497 e. The number of ether oxygens (including phenoxy) is 3. The van der Waals surface area contributed by atoms with Gasteiger partial charge in [-0.2, -0.15) is 0 Å². The second-order valence-electron chi connectivity index (χ2n) is 8.44. The van der Waals surface area contributed by atoms with Gasteiger partial charge < -0.3 is 19.5 Å². The van der Waals surface area contributed by atoms with Gasteiger partial charge in [0.1, 0.15) is 11.8 Å². The highest BCUT2D eigenvalue weighted by Gasteiger charge is 2.64. The van der Waals surface area contributed by atoms with Crippen LogP contribution in [0, 0.1) is 0 Å². The van der Waals surface area contributed by atoms with Crippen LogP contribution in [0.4, 0.5) is 0 Å². The molecule has 0 aromatic heterocycles. The van der Waals surface area contributed by atoms with Gasteiger partial charge in [-0.3, -0.25) is 14.9 Å². The van der Waals surface area contributed by atoms with E-state index in [0.717, 1.165) is 0 Å². The van der Waals surface area contributed by atoms with Crippen LogP contribution in [0.1, 0.15) is 33.4 Å². The Morgan fingerprint density at radius 2 is 1.39 bits per heavy atom. The molecule has 8 nitrogen and oxygen atoms in total. The molecule has 0 saturated carbocycles. The number of hydrogen-bond acceptors (Lipinski definition) is 7. The SMILES string of the molecule is COC(=O)[C@@H]1N[C@H](c2ccccc2)[C@](NC(=O)c2ccccc2)(C(=O)OC)[C@H]1c1ccc(OC)cc1. The van der Waals surface area contributed by atoms with Crippen molar-refractivity contribution < 1.29 is 28.6 Å². The Kier molecular flexibility index (Phi) is 7.36. The minimum atomic E-state index is -1.70. The fraction of sp³-hybridized carbons (Fsp3) is 0.250. The van der Waals surface area contributed by atoms with Crippen LogP contribution in [-0.4, -0.2) is 50.8 Å².